The van der Waals surface area contributed by atoms with E-state index in [0.717, 1.165) is 31.4 Å². The Bertz CT molecular complexity index is 929. The lowest BCUT2D eigenvalue weighted by molar-refractivity contribution is 0.183. The fourth-order valence-electron chi connectivity index (χ4n) is 2.88. The highest BCUT2D eigenvalue weighted by Gasteiger charge is 2.30. The van der Waals surface area contributed by atoms with Gasteiger partial charge in [0, 0.05) is 37.6 Å². The molecule has 24 heavy (non-hydrogen) atoms. The molecular formula is C15H16N4O2S3. The molecule has 0 radical (unpaired) electrons. The maximum Gasteiger partial charge on any atom is 0.245 e. The summed E-state index contributed by atoms with van der Waals surface area (Å²) < 4.78 is 35.8. The van der Waals surface area contributed by atoms with Crippen LogP contribution >= 0.6 is 23.1 Å². The quantitative estimate of drug-likeness (QED) is 0.695. The summed E-state index contributed by atoms with van der Waals surface area (Å²) in [4.78, 5) is 3.87. The maximum absolute atomic E-state index is 13.0. The third-order valence-electron chi connectivity index (χ3n) is 4.16. The lowest BCUT2D eigenvalue weighted by atomic mass is 10.3. The summed E-state index contributed by atoms with van der Waals surface area (Å²) in [6, 6.07) is 9.30. The van der Waals surface area contributed by atoms with Crippen molar-refractivity contribution >= 4 is 44.1 Å². The Morgan fingerprint density at radius 2 is 1.88 bits per heavy atom. The molecule has 1 saturated heterocycles. The van der Waals surface area contributed by atoms with E-state index in [4.69, 9.17) is 0 Å². The molecule has 126 valence electrons. The Balaban J connectivity index is 1.51. The van der Waals surface area contributed by atoms with Crippen LogP contribution in [0.3, 0.4) is 0 Å². The van der Waals surface area contributed by atoms with Crippen LogP contribution in [0.4, 0.5) is 0 Å². The van der Waals surface area contributed by atoms with E-state index in [1.165, 1.54) is 4.88 Å². The largest absolute Gasteiger partial charge is 0.296 e. The van der Waals surface area contributed by atoms with E-state index < -0.39 is 10.0 Å². The number of nitrogens with zero attached hydrogens (tertiary/aromatic N) is 4. The molecule has 0 unspecified atom stereocenters. The van der Waals surface area contributed by atoms with Gasteiger partial charge in [-0.25, -0.2) is 8.42 Å². The number of benzene rings is 1. The highest BCUT2D eigenvalue weighted by molar-refractivity contribution is 7.89. The third kappa shape index (κ3) is 2.98. The Morgan fingerprint density at radius 3 is 2.62 bits per heavy atom. The van der Waals surface area contributed by atoms with Gasteiger partial charge in [-0.2, -0.15) is 13.1 Å². The minimum Gasteiger partial charge on any atom is -0.296 e. The molecule has 1 aromatic carbocycles. The van der Waals surface area contributed by atoms with Gasteiger partial charge in [0.1, 0.15) is 15.9 Å². The van der Waals surface area contributed by atoms with Gasteiger partial charge < -0.3 is 0 Å². The molecule has 1 aliphatic rings. The average Bonchev–Trinajstić information content (AvgIpc) is 3.26. The Hall–Kier alpha value is -1.39. The Kier molecular flexibility index (Phi) is 4.35. The van der Waals surface area contributed by atoms with E-state index in [-0.39, 0.29) is 4.90 Å². The zero-order chi connectivity index (χ0) is 16.6. The minimum absolute atomic E-state index is 0.264. The number of sulfonamides is 1. The van der Waals surface area contributed by atoms with Crippen molar-refractivity contribution in [2.45, 2.75) is 11.4 Å². The first-order valence-corrected chi connectivity index (χ1v) is 10.7. The van der Waals surface area contributed by atoms with Gasteiger partial charge in [-0.3, -0.25) is 4.90 Å². The number of rotatable bonds is 4. The molecule has 0 atom stereocenters. The van der Waals surface area contributed by atoms with Crippen molar-refractivity contribution in [2.75, 3.05) is 26.2 Å². The monoisotopic (exact) mass is 380 g/mol. The van der Waals surface area contributed by atoms with Crippen LogP contribution in [-0.2, 0) is 16.6 Å². The van der Waals surface area contributed by atoms with Crippen LogP contribution in [-0.4, -0.2) is 52.5 Å². The molecule has 4 rings (SSSR count). The summed E-state index contributed by atoms with van der Waals surface area (Å²) in [5, 5.41) is 2.07. The van der Waals surface area contributed by atoms with Gasteiger partial charge in [-0.1, -0.05) is 12.1 Å². The van der Waals surface area contributed by atoms with Crippen molar-refractivity contribution in [3.05, 3.63) is 40.6 Å². The molecule has 0 bridgehead atoms. The van der Waals surface area contributed by atoms with Gasteiger partial charge in [-0.15, -0.1) is 11.3 Å². The first-order valence-electron chi connectivity index (χ1n) is 7.61. The van der Waals surface area contributed by atoms with Gasteiger partial charge in [-0.05, 0) is 23.6 Å². The molecule has 0 amide bonds. The number of thiophene rings is 1. The van der Waals surface area contributed by atoms with Gasteiger partial charge in [0.2, 0.25) is 10.0 Å². The maximum atomic E-state index is 13.0. The van der Waals surface area contributed by atoms with E-state index in [9.17, 15) is 8.42 Å². The topological polar surface area (TPSA) is 66.4 Å². The van der Waals surface area contributed by atoms with Crippen molar-refractivity contribution in [3.63, 3.8) is 0 Å². The normalized spacial score (nSPS) is 17.5. The standard InChI is InChI=1S/C15H16N4O2S3/c20-24(21,14-5-1-4-13-15(14)17-23-16-13)19-8-6-18(7-9-19)11-12-3-2-10-22-12/h1-5,10H,6-9,11H2. The van der Waals surface area contributed by atoms with E-state index in [1.54, 1.807) is 33.8 Å². The molecule has 6 nitrogen and oxygen atoms in total. The molecular weight excluding hydrogens is 364 g/mol. The summed E-state index contributed by atoms with van der Waals surface area (Å²) in [6.07, 6.45) is 0. The zero-order valence-electron chi connectivity index (χ0n) is 12.8. The molecule has 1 fully saturated rings. The van der Waals surface area contributed by atoms with Gasteiger partial charge in [0.25, 0.3) is 0 Å². The number of piperazine rings is 1. The van der Waals surface area contributed by atoms with Crippen LogP contribution in [0.25, 0.3) is 11.0 Å². The van der Waals surface area contributed by atoms with Crippen LogP contribution in [0.2, 0.25) is 0 Å². The van der Waals surface area contributed by atoms with Crippen molar-refractivity contribution in [1.82, 2.24) is 18.0 Å². The zero-order valence-corrected chi connectivity index (χ0v) is 15.3. The molecule has 3 aromatic rings. The molecule has 9 heteroatoms. The average molecular weight is 381 g/mol. The van der Waals surface area contributed by atoms with Gasteiger partial charge >= 0.3 is 0 Å². The van der Waals surface area contributed by atoms with E-state index in [1.807, 2.05) is 6.07 Å². The minimum atomic E-state index is -3.53. The molecule has 0 spiro atoms. The van der Waals surface area contributed by atoms with Crippen molar-refractivity contribution in [1.29, 1.82) is 0 Å². The van der Waals surface area contributed by atoms with Crippen molar-refractivity contribution in [2.24, 2.45) is 0 Å². The van der Waals surface area contributed by atoms with Gasteiger partial charge in [0.15, 0.2) is 0 Å². The number of hydrogen-bond donors (Lipinski definition) is 0. The summed E-state index contributed by atoms with van der Waals surface area (Å²) in [5.74, 6) is 0. The first-order chi connectivity index (χ1) is 11.6. The second-order valence-corrected chi connectivity index (χ2v) is 9.11. The SMILES string of the molecule is O=S(=O)(c1cccc2nsnc12)N1CCN(Cc2cccs2)CC1. The summed E-state index contributed by atoms with van der Waals surface area (Å²) in [6.45, 7) is 3.37. The molecule has 0 aliphatic carbocycles. The molecule has 0 N–H and O–H groups in total. The van der Waals surface area contributed by atoms with Crippen LogP contribution in [0.1, 0.15) is 4.88 Å². The molecule has 1 aliphatic heterocycles. The smallest absolute Gasteiger partial charge is 0.245 e. The number of aromatic nitrogens is 2. The second kappa shape index (κ2) is 6.49. The number of fused-ring (bicyclic) bond motifs is 1. The lowest BCUT2D eigenvalue weighted by Gasteiger charge is -2.33. The molecule has 2 aromatic heterocycles. The van der Waals surface area contributed by atoms with Crippen LogP contribution in [0, 0.1) is 0 Å². The fourth-order valence-corrected chi connectivity index (χ4v) is 5.80. The predicted octanol–water partition coefficient (Wildman–Crippen LogP) is 2.26. The molecule has 3 heterocycles. The van der Waals surface area contributed by atoms with Gasteiger partial charge in [0.05, 0.1) is 11.7 Å². The summed E-state index contributed by atoms with van der Waals surface area (Å²) in [5.41, 5.74) is 1.11. The van der Waals surface area contributed by atoms with E-state index in [0.29, 0.717) is 24.1 Å². The van der Waals surface area contributed by atoms with Crippen LogP contribution < -0.4 is 0 Å². The summed E-state index contributed by atoms with van der Waals surface area (Å²) in [7, 11) is -3.53. The fraction of sp³-hybridized carbons (Fsp3) is 0.333. The first kappa shape index (κ1) is 16.1. The van der Waals surface area contributed by atoms with Crippen molar-refractivity contribution in [3.8, 4) is 0 Å². The Morgan fingerprint density at radius 1 is 1.04 bits per heavy atom. The number of hydrogen-bond acceptors (Lipinski definition) is 7. The summed E-state index contributed by atoms with van der Waals surface area (Å²) >= 11 is 2.78. The third-order valence-corrected chi connectivity index (χ3v) is 7.49. The van der Waals surface area contributed by atoms with Crippen LogP contribution in [0.5, 0.6) is 0 Å². The second-order valence-electron chi connectivity index (χ2n) is 5.65. The Labute approximate surface area is 148 Å². The van der Waals surface area contributed by atoms with E-state index >= 15 is 0 Å². The molecule has 0 saturated carbocycles. The highest BCUT2D eigenvalue weighted by atomic mass is 32.2. The van der Waals surface area contributed by atoms with Crippen molar-refractivity contribution < 1.29 is 8.42 Å². The predicted molar refractivity (Wildman–Crippen MR) is 95.8 cm³/mol. The lowest BCUT2D eigenvalue weighted by Crippen LogP contribution is -2.48. The highest BCUT2D eigenvalue weighted by Crippen LogP contribution is 2.25. The van der Waals surface area contributed by atoms with E-state index in [2.05, 4.69) is 25.1 Å². The van der Waals surface area contributed by atoms with Crippen LogP contribution in [0.15, 0.2) is 40.6 Å².